The quantitative estimate of drug-likeness (QED) is 0.854. The molecule has 1 aromatic carbocycles. The minimum Gasteiger partial charge on any atom is -0.324 e. The Morgan fingerprint density at radius 3 is 2.68 bits per heavy atom. The number of rotatable bonds is 4. The van der Waals surface area contributed by atoms with E-state index in [0.717, 1.165) is 10.7 Å². The number of nitrogens with zero attached hydrogens (tertiary/aromatic N) is 1. The molecule has 0 aliphatic carbocycles. The maximum absolute atomic E-state index is 13.5. The van der Waals surface area contributed by atoms with Crippen molar-refractivity contribution in [1.29, 1.82) is 0 Å². The number of aryl methyl sites for hydroxylation is 2. The highest BCUT2D eigenvalue weighted by Gasteiger charge is 2.31. The van der Waals surface area contributed by atoms with E-state index in [1.165, 1.54) is 11.3 Å². The average Bonchev–Trinajstić information content (AvgIpc) is 2.83. The summed E-state index contributed by atoms with van der Waals surface area (Å²) in [5.74, 6) is -1.47. The number of benzene rings is 1. The van der Waals surface area contributed by atoms with Gasteiger partial charge in [0.2, 0.25) is 5.91 Å². The summed E-state index contributed by atoms with van der Waals surface area (Å²) in [5.41, 5.74) is -0.653. The minimum absolute atomic E-state index is 0.0165. The first-order valence-corrected chi connectivity index (χ1v) is 7.21. The Morgan fingerprint density at radius 2 is 2.09 bits per heavy atom. The van der Waals surface area contributed by atoms with E-state index in [1.807, 2.05) is 12.3 Å². The molecule has 1 amide bonds. The molecule has 0 aliphatic rings. The lowest BCUT2D eigenvalue weighted by atomic mass is 10.2. The monoisotopic (exact) mass is 332 g/mol. The van der Waals surface area contributed by atoms with Crippen LogP contribution in [0.1, 0.15) is 22.7 Å². The molecule has 0 aliphatic heterocycles. The van der Waals surface area contributed by atoms with Crippen LogP contribution in [0.15, 0.2) is 23.6 Å². The van der Waals surface area contributed by atoms with Crippen LogP contribution in [0.5, 0.6) is 0 Å². The number of hydrogen-bond donors (Lipinski definition) is 1. The molecule has 2 rings (SSSR count). The van der Waals surface area contributed by atoms with E-state index >= 15 is 0 Å². The van der Waals surface area contributed by atoms with Crippen LogP contribution in [-0.2, 0) is 17.4 Å². The van der Waals surface area contributed by atoms with Gasteiger partial charge in [0.05, 0.1) is 16.3 Å². The molecule has 0 unspecified atom stereocenters. The van der Waals surface area contributed by atoms with Crippen molar-refractivity contribution in [2.75, 3.05) is 5.32 Å². The molecule has 1 aromatic heterocycles. The summed E-state index contributed by atoms with van der Waals surface area (Å²) in [6.07, 6.45) is -4.22. The third-order valence-electron chi connectivity index (χ3n) is 2.80. The van der Waals surface area contributed by atoms with E-state index in [0.29, 0.717) is 24.6 Å². The number of carbonyl (C=O) groups excluding carboxylic acids is 1. The topological polar surface area (TPSA) is 42.0 Å². The molecule has 0 saturated heterocycles. The largest absolute Gasteiger partial charge is 0.416 e. The Kier molecular flexibility index (Phi) is 4.80. The van der Waals surface area contributed by atoms with Crippen molar-refractivity contribution in [3.05, 3.63) is 45.7 Å². The molecule has 3 nitrogen and oxygen atoms in total. The SMILES string of the molecule is Cc1csc(CCC(=O)Nc2cc(C(F)(F)F)ccc2F)n1. The van der Waals surface area contributed by atoms with Gasteiger partial charge in [-0.25, -0.2) is 9.37 Å². The van der Waals surface area contributed by atoms with Crippen molar-refractivity contribution >= 4 is 22.9 Å². The fourth-order valence-electron chi connectivity index (χ4n) is 1.75. The van der Waals surface area contributed by atoms with E-state index in [9.17, 15) is 22.4 Å². The Labute approximate surface area is 128 Å². The van der Waals surface area contributed by atoms with Crippen LogP contribution in [0.4, 0.5) is 23.2 Å². The molecule has 0 spiro atoms. The molecular formula is C14H12F4N2OS. The Bertz CT molecular complexity index is 682. The predicted octanol–water partition coefficient (Wildman–Crippen LogP) is 4.18. The first kappa shape index (κ1) is 16.4. The third-order valence-corrected chi connectivity index (χ3v) is 3.83. The van der Waals surface area contributed by atoms with Crippen molar-refractivity contribution in [2.24, 2.45) is 0 Å². The van der Waals surface area contributed by atoms with Gasteiger partial charge in [0, 0.05) is 23.9 Å². The van der Waals surface area contributed by atoms with Crippen molar-refractivity contribution < 1.29 is 22.4 Å². The van der Waals surface area contributed by atoms with Crippen LogP contribution >= 0.6 is 11.3 Å². The fraction of sp³-hybridized carbons (Fsp3) is 0.286. The molecule has 1 N–H and O–H groups in total. The average molecular weight is 332 g/mol. The number of halogens is 4. The van der Waals surface area contributed by atoms with Crippen molar-refractivity contribution in [3.8, 4) is 0 Å². The smallest absolute Gasteiger partial charge is 0.324 e. The van der Waals surface area contributed by atoms with Gasteiger partial charge in [-0.1, -0.05) is 0 Å². The summed E-state index contributed by atoms with van der Waals surface area (Å²) in [7, 11) is 0. The highest BCUT2D eigenvalue weighted by Crippen LogP contribution is 2.31. The second-order valence-corrected chi connectivity index (χ2v) is 5.57. The molecule has 2 aromatic rings. The van der Waals surface area contributed by atoms with Gasteiger partial charge in [0.1, 0.15) is 5.82 Å². The van der Waals surface area contributed by atoms with E-state index < -0.39 is 29.2 Å². The normalized spacial score (nSPS) is 11.5. The maximum Gasteiger partial charge on any atom is 0.416 e. The predicted molar refractivity (Wildman–Crippen MR) is 75.2 cm³/mol. The highest BCUT2D eigenvalue weighted by atomic mass is 32.1. The van der Waals surface area contributed by atoms with Crippen molar-refractivity contribution in [2.45, 2.75) is 25.9 Å². The first-order chi connectivity index (χ1) is 10.3. The zero-order valence-corrected chi connectivity index (χ0v) is 12.3. The lowest BCUT2D eigenvalue weighted by Crippen LogP contribution is -2.15. The number of hydrogen-bond acceptors (Lipinski definition) is 3. The standard InChI is InChI=1S/C14H12F4N2OS/c1-8-7-22-13(19-8)5-4-12(21)20-11-6-9(14(16,17)18)2-3-10(11)15/h2-3,6-7H,4-5H2,1H3,(H,20,21). The molecule has 0 atom stereocenters. The second kappa shape index (κ2) is 6.43. The Morgan fingerprint density at radius 1 is 1.36 bits per heavy atom. The molecule has 0 fully saturated rings. The number of nitrogens with one attached hydrogen (secondary N) is 1. The van der Waals surface area contributed by atoms with Crippen LogP contribution in [0, 0.1) is 12.7 Å². The Hall–Kier alpha value is -1.96. The van der Waals surface area contributed by atoms with Crippen LogP contribution < -0.4 is 5.32 Å². The molecule has 118 valence electrons. The number of alkyl halides is 3. The van der Waals surface area contributed by atoms with E-state index in [2.05, 4.69) is 10.3 Å². The van der Waals surface area contributed by atoms with E-state index in [1.54, 1.807) is 0 Å². The van der Waals surface area contributed by atoms with Crippen molar-refractivity contribution in [3.63, 3.8) is 0 Å². The molecule has 8 heteroatoms. The summed E-state index contributed by atoms with van der Waals surface area (Å²) >= 11 is 1.39. The summed E-state index contributed by atoms with van der Waals surface area (Å²) in [4.78, 5) is 15.9. The summed E-state index contributed by atoms with van der Waals surface area (Å²) < 4.78 is 51.2. The Balaban J connectivity index is 2.01. The molecular weight excluding hydrogens is 320 g/mol. The highest BCUT2D eigenvalue weighted by molar-refractivity contribution is 7.09. The van der Waals surface area contributed by atoms with Gasteiger partial charge in [0.15, 0.2) is 0 Å². The van der Waals surface area contributed by atoms with Crippen LogP contribution in [0.3, 0.4) is 0 Å². The third kappa shape index (κ3) is 4.27. The van der Waals surface area contributed by atoms with Gasteiger partial charge in [-0.05, 0) is 25.1 Å². The number of anilines is 1. The molecule has 1 heterocycles. The number of amides is 1. The first-order valence-electron chi connectivity index (χ1n) is 6.33. The van der Waals surface area contributed by atoms with Crippen molar-refractivity contribution in [1.82, 2.24) is 4.98 Å². The number of aromatic nitrogens is 1. The maximum atomic E-state index is 13.5. The molecule has 0 radical (unpaired) electrons. The van der Waals surface area contributed by atoms with Gasteiger partial charge in [-0.2, -0.15) is 13.2 Å². The fourth-order valence-corrected chi connectivity index (χ4v) is 2.52. The summed E-state index contributed by atoms with van der Waals surface area (Å²) in [6.45, 7) is 1.82. The van der Waals surface area contributed by atoms with Gasteiger partial charge < -0.3 is 5.32 Å². The number of carbonyl (C=O) groups is 1. The minimum atomic E-state index is -4.59. The number of thiazole rings is 1. The molecule has 0 saturated carbocycles. The zero-order valence-electron chi connectivity index (χ0n) is 11.5. The van der Waals surface area contributed by atoms with Crippen LogP contribution in [-0.4, -0.2) is 10.9 Å². The van der Waals surface area contributed by atoms with Crippen LogP contribution in [0.2, 0.25) is 0 Å². The second-order valence-electron chi connectivity index (χ2n) is 4.62. The molecule has 22 heavy (non-hydrogen) atoms. The lowest BCUT2D eigenvalue weighted by molar-refractivity contribution is -0.137. The van der Waals surface area contributed by atoms with E-state index in [4.69, 9.17) is 0 Å². The zero-order chi connectivity index (χ0) is 16.3. The summed E-state index contributed by atoms with van der Waals surface area (Å²) in [6, 6.07) is 1.90. The molecule has 0 bridgehead atoms. The lowest BCUT2D eigenvalue weighted by Gasteiger charge is -2.10. The summed E-state index contributed by atoms with van der Waals surface area (Å²) in [5, 5.41) is 4.74. The van der Waals surface area contributed by atoms with Crippen LogP contribution in [0.25, 0.3) is 0 Å². The van der Waals surface area contributed by atoms with Gasteiger partial charge in [-0.15, -0.1) is 11.3 Å². The van der Waals surface area contributed by atoms with E-state index in [-0.39, 0.29) is 6.42 Å². The van der Waals surface area contributed by atoms with Gasteiger partial charge in [0.25, 0.3) is 0 Å². The van der Waals surface area contributed by atoms with Gasteiger partial charge >= 0.3 is 6.18 Å². The van der Waals surface area contributed by atoms with Gasteiger partial charge in [-0.3, -0.25) is 4.79 Å².